The first kappa shape index (κ1) is 22.9. The van der Waals surface area contributed by atoms with Crippen LogP contribution in [0.4, 0.5) is 0 Å². The molecule has 6 N–H and O–H groups in total. The standard InChI is InChI=1S/C22H25N3O5/c1-22(2,23)19(21(28)25-29)24-20(27)17-8-10-18(11-9-17)30-12-4-7-15-5-3-6-16(13-15)14-26/h3,5-6,8-11,13,19,26,29H,12,14,23H2,1-2H3,(H,24,27)(H,25,28)/t19-/m1/s1. The Morgan fingerprint density at radius 3 is 2.50 bits per heavy atom. The second-order valence-corrected chi connectivity index (χ2v) is 7.18. The van der Waals surface area contributed by atoms with Gasteiger partial charge in [0.2, 0.25) is 0 Å². The number of hydrogen-bond acceptors (Lipinski definition) is 6. The van der Waals surface area contributed by atoms with Crippen molar-refractivity contribution in [3.05, 3.63) is 65.2 Å². The van der Waals surface area contributed by atoms with Crippen molar-refractivity contribution in [3.8, 4) is 17.6 Å². The number of nitrogens with one attached hydrogen (secondary N) is 2. The summed E-state index contributed by atoms with van der Waals surface area (Å²) >= 11 is 0. The lowest BCUT2D eigenvalue weighted by Crippen LogP contribution is -2.61. The van der Waals surface area contributed by atoms with E-state index in [4.69, 9.17) is 20.8 Å². The summed E-state index contributed by atoms with van der Waals surface area (Å²) in [6.07, 6.45) is 0. The lowest BCUT2D eigenvalue weighted by molar-refractivity contribution is -0.132. The zero-order chi connectivity index (χ0) is 22.1. The third-order valence-electron chi connectivity index (χ3n) is 4.16. The van der Waals surface area contributed by atoms with Gasteiger partial charge in [-0.2, -0.15) is 0 Å². The number of ether oxygens (including phenoxy) is 1. The molecule has 0 heterocycles. The molecule has 1 atom stereocenters. The van der Waals surface area contributed by atoms with E-state index in [-0.39, 0.29) is 13.2 Å². The van der Waals surface area contributed by atoms with Crippen LogP contribution in [0, 0.1) is 11.8 Å². The van der Waals surface area contributed by atoms with Crippen LogP contribution in [0.25, 0.3) is 0 Å². The van der Waals surface area contributed by atoms with E-state index in [1.807, 2.05) is 18.2 Å². The highest BCUT2D eigenvalue weighted by atomic mass is 16.5. The van der Waals surface area contributed by atoms with E-state index >= 15 is 0 Å². The number of hydroxylamine groups is 1. The highest BCUT2D eigenvalue weighted by Crippen LogP contribution is 2.13. The van der Waals surface area contributed by atoms with Crippen LogP contribution in [-0.4, -0.2) is 40.3 Å². The summed E-state index contributed by atoms with van der Waals surface area (Å²) in [5.74, 6) is 5.03. The fourth-order valence-corrected chi connectivity index (χ4v) is 2.58. The van der Waals surface area contributed by atoms with Gasteiger partial charge in [-0.15, -0.1) is 0 Å². The first-order chi connectivity index (χ1) is 14.2. The quantitative estimate of drug-likeness (QED) is 0.262. The zero-order valence-corrected chi connectivity index (χ0v) is 16.8. The molecule has 0 bridgehead atoms. The Bertz CT molecular complexity index is 940. The Labute approximate surface area is 175 Å². The van der Waals surface area contributed by atoms with Gasteiger partial charge in [-0.3, -0.25) is 14.8 Å². The molecule has 0 aliphatic heterocycles. The summed E-state index contributed by atoms with van der Waals surface area (Å²) in [5, 5.41) is 20.5. The van der Waals surface area contributed by atoms with Crippen molar-refractivity contribution in [1.29, 1.82) is 0 Å². The van der Waals surface area contributed by atoms with Crippen molar-refractivity contribution in [1.82, 2.24) is 10.8 Å². The molecule has 30 heavy (non-hydrogen) atoms. The molecule has 0 radical (unpaired) electrons. The van der Waals surface area contributed by atoms with Crippen LogP contribution in [0.5, 0.6) is 5.75 Å². The van der Waals surface area contributed by atoms with E-state index in [0.29, 0.717) is 11.3 Å². The van der Waals surface area contributed by atoms with E-state index in [2.05, 4.69) is 17.2 Å². The van der Waals surface area contributed by atoms with E-state index in [1.54, 1.807) is 44.2 Å². The Hall–Kier alpha value is -3.38. The van der Waals surface area contributed by atoms with Crippen molar-refractivity contribution in [2.24, 2.45) is 5.73 Å². The van der Waals surface area contributed by atoms with Gasteiger partial charge in [0, 0.05) is 16.7 Å². The fourth-order valence-electron chi connectivity index (χ4n) is 2.58. The molecule has 2 rings (SSSR count). The summed E-state index contributed by atoms with van der Waals surface area (Å²) in [5.41, 5.74) is 8.19. The molecule has 2 aromatic rings. The van der Waals surface area contributed by atoms with Crippen LogP contribution in [0.15, 0.2) is 48.5 Å². The van der Waals surface area contributed by atoms with Crippen LogP contribution in [0.2, 0.25) is 0 Å². The molecule has 2 aromatic carbocycles. The van der Waals surface area contributed by atoms with Crippen LogP contribution in [-0.2, 0) is 11.4 Å². The smallest absolute Gasteiger partial charge is 0.267 e. The summed E-state index contributed by atoms with van der Waals surface area (Å²) in [7, 11) is 0. The number of aliphatic hydroxyl groups excluding tert-OH is 1. The van der Waals surface area contributed by atoms with E-state index in [1.165, 1.54) is 5.48 Å². The molecule has 0 unspecified atom stereocenters. The van der Waals surface area contributed by atoms with Crippen molar-refractivity contribution >= 4 is 11.8 Å². The number of benzene rings is 2. The van der Waals surface area contributed by atoms with Crippen molar-refractivity contribution in [3.63, 3.8) is 0 Å². The highest BCUT2D eigenvalue weighted by molar-refractivity contribution is 5.97. The average Bonchev–Trinajstić information content (AvgIpc) is 2.74. The van der Waals surface area contributed by atoms with Gasteiger partial charge in [-0.05, 0) is 55.8 Å². The number of nitrogens with two attached hydrogens (primary N) is 1. The van der Waals surface area contributed by atoms with Gasteiger partial charge in [-0.25, -0.2) is 5.48 Å². The van der Waals surface area contributed by atoms with E-state index < -0.39 is 23.4 Å². The molecule has 8 heteroatoms. The van der Waals surface area contributed by atoms with Crippen molar-refractivity contribution in [2.75, 3.05) is 6.61 Å². The van der Waals surface area contributed by atoms with Gasteiger partial charge in [-0.1, -0.05) is 24.0 Å². The minimum atomic E-state index is -1.12. The SMILES string of the molecule is CC(C)(N)[C@H](NC(=O)c1ccc(OCC#Cc2cccc(CO)c2)cc1)C(=O)NO. The summed E-state index contributed by atoms with van der Waals surface area (Å²) in [4.78, 5) is 24.2. The van der Waals surface area contributed by atoms with Gasteiger partial charge in [0.25, 0.3) is 11.8 Å². The predicted molar refractivity (Wildman–Crippen MR) is 111 cm³/mol. The number of rotatable bonds is 7. The fraction of sp³-hybridized carbons (Fsp3) is 0.273. The molecule has 0 aromatic heterocycles. The number of aliphatic hydroxyl groups is 1. The second kappa shape index (κ2) is 10.4. The van der Waals surface area contributed by atoms with E-state index in [9.17, 15) is 9.59 Å². The number of hydrogen-bond donors (Lipinski definition) is 5. The molecule has 8 nitrogen and oxygen atoms in total. The van der Waals surface area contributed by atoms with Crippen molar-refractivity contribution < 1.29 is 24.6 Å². The van der Waals surface area contributed by atoms with Crippen LogP contribution in [0.3, 0.4) is 0 Å². The molecular weight excluding hydrogens is 386 g/mol. The van der Waals surface area contributed by atoms with Gasteiger partial charge in [0.15, 0.2) is 0 Å². The molecule has 0 fully saturated rings. The Kier molecular flexibility index (Phi) is 7.95. The van der Waals surface area contributed by atoms with Crippen LogP contribution < -0.4 is 21.3 Å². The zero-order valence-electron chi connectivity index (χ0n) is 16.8. The molecular formula is C22H25N3O5. The minimum Gasteiger partial charge on any atom is -0.481 e. The van der Waals surface area contributed by atoms with Crippen LogP contribution >= 0.6 is 0 Å². The number of amides is 2. The molecule has 0 saturated heterocycles. The number of carbonyl (C=O) groups excluding carboxylic acids is 2. The summed E-state index contributed by atoms with van der Waals surface area (Å²) in [6, 6.07) is 12.5. The first-order valence-corrected chi connectivity index (χ1v) is 9.20. The van der Waals surface area contributed by atoms with Crippen molar-refractivity contribution in [2.45, 2.75) is 32.0 Å². The minimum absolute atomic E-state index is 0.0415. The monoisotopic (exact) mass is 411 g/mol. The lowest BCUT2D eigenvalue weighted by Gasteiger charge is -2.29. The first-order valence-electron chi connectivity index (χ1n) is 9.20. The maximum atomic E-state index is 12.4. The maximum Gasteiger partial charge on any atom is 0.267 e. The van der Waals surface area contributed by atoms with Crippen LogP contribution in [0.1, 0.15) is 35.3 Å². The van der Waals surface area contributed by atoms with Gasteiger partial charge in [0.05, 0.1) is 6.61 Å². The third kappa shape index (κ3) is 6.60. The summed E-state index contributed by atoms with van der Waals surface area (Å²) in [6.45, 7) is 3.23. The third-order valence-corrected chi connectivity index (χ3v) is 4.16. The Morgan fingerprint density at radius 1 is 1.20 bits per heavy atom. The van der Waals surface area contributed by atoms with E-state index in [0.717, 1.165) is 11.1 Å². The molecule has 0 aliphatic rings. The Balaban J connectivity index is 1.95. The second-order valence-electron chi connectivity index (χ2n) is 7.18. The summed E-state index contributed by atoms with van der Waals surface area (Å²) < 4.78 is 5.54. The molecule has 0 aliphatic carbocycles. The topological polar surface area (TPSA) is 134 Å². The lowest BCUT2D eigenvalue weighted by atomic mass is 9.95. The largest absolute Gasteiger partial charge is 0.481 e. The molecule has 2 amide bonds. The molecule has 0 spiro atoms. The van der Waals surface area contributed by atoms with Gasteiger partial charge >= 0.3 is 0 Å². The van der Waals surface area contributed by atoms with Gasteiger partial charge < -0.3 is 20.9 Å². The highest BCUT2D eigenvalue weighted by Gasteiger charge is 2.33. The maximum absolute atomic E-state index is 12.4. The normalized spacial score (nSPS) is 11.6. The van der Waals surface area contributed by atoms with Gasteiger partial charge in [0.1, 0.15) is 18.4 Å². The average molecular weight is 411 g/mol. The number of carbonyl (C=O) groups is 2. The predicted octanol–water partition coefficient (Wildman–Crippen LogP) is 0.950. The molecule has 0 saturated carbocycles. The molecule has 158 valence electrons. The Morgan fingerprint density at radius 2 is 1.90 bits per heavy atom.